The minimum atomic E-state index is -0.0404. The van der Waals surface area contributed by atoms with Crippen LogP contribution < -0.4 is 5.56 Å². The van der Waals surface area contributed by atoms with Gasteiger partial charge in [0, 0.05) is 11.6 Å². The summed E-state index contributed by atoms with van der Waals surface area (Å²) in [7, 11) is 6.79. The molecule has 1 saturated carbocycles. The Morgan fingerprint density at radius 3 is 2.77 bits per heavy atom. The fourth-order valence-corrected chi connectivity index (χ4v) is 4.85. The maximum Gasteiger partial charge on any atom is 0.256 e. The fourth-order valence-electron chi connectivity index (χ4n) is 4.85. The van der Waals surface area contributed by atoms with E-state index in [-0.39, 0.29) is 16.9 Å². The van der Waals surface area contributed by atoms with Crippen molar-refractivity contribution >= 4 is 7.85 Å². The van der Waals surface area contributed by atoms with Crippen LogP contribution in [0.15, 0.2) is 11.1 Å². The number of aromatic nitrogens is 2. The summed E-state index contributed by atoms with van der Waals surface area (Å²) in [5, 5.41) is -0.0404. The Balaban J connectivity index is 1.81. The molecular formula is C22H35BN2O. The quantitative estimate of drug-likeness (QED) is 0.542. The van der Waals surface area contributed by atoms with E-state index in [1.807, 2.05) is 10.9 Å². The van der Waals surface area contributed by atoms with E-state index in [1.54, 1.807) is 0 Å². The van der Waals surface area contributed by atoms with E-state index in [0.717, 1.165) is 62.6 Å². The molecule has 1 heterocycles. The van der Waals surface area contributed by atoms with Crippen molar-refractivity contribution in [3.63, 3.8) is 0 Å². The summed E-state index contributed by atoms with van der Waals surface area (Å²) in [6.07, 6.45) is 18.7. The molecule has 0 bridgehead atoms. The van der Waals surface area contributed by atoms with E-state index < -0.39 is 0 Å². The molecule has 2 unspecified atom stereocenters. The first-order valence-corrected chi connectivity index (χ1v) is 11.0. The van der Waals surface area contributed by atoms with Crippen LogP contribution in [-0.2, 0) is 12.8 Å². The molecule has 0 aliphatic heterocycles. The topological polar surface area (TPSA) is 34.9 Å². The van der Waals surface area contributed by atoms with Gasteiger partial charge in [-0.15, -0.1) is 0 Å². The van der Waals surface area contributed by atoms with Crippen LogP contribution in [0.25, 0.3) is 0 Å². The van der Waals surface area contributed by atoms with Crippen LogP contribution in [-0.4, -0.2) is 17.4 Å². The zero-order valence-electron chi connectivity index (χ0n) is 16.6. The SMILES string of the molecule is [B]C1(CCCC)CCCCCC(n2cnc3c(c2=O)CCCCC3)CC1. The summed E-state index contributed by atoms with van der Waals surface area (Å²) in [5.74, 6) is 0. The summed E-state index contributed by atoms with van der Waals surface area (Å²) in [6.45, 7) is 2.24. The van der Waals surface area contributed by atoms with Crippen LogP contribution in [0, 0.1) is 0 Å². The second-order valence-corrected chi connectivity index (χ2v) is 8.70. The second kappa shape index (κ2) is 9.24. The monoisotopic (exact) mass is 354 g/mol. The summed E-state index contributed by atoms with van der Waals surface area (Å²) < 4.78 is 1.97. The molecule has 142 valence electrons. The second-order valence-electron chi connectivity index (χ2n) is 8.70. The third-order valence-electron chi connectivity index (χ3n) is 6.63. The Hall–Kier alpha value is -1.06. The van der Waals surface area contributed by atoms with Crippen molar-refractivity contribution < 1.29 is 0 Å². The van der Waals surface area contributed by atoms with Gasteiger partial charge in [0.25, 0.3) is 5.56 Å². The number of hydrogen-bond acceptors (Lipinski definition) is 2. The van der Waals surface area contributed by atoms with Gasteiger partial charge < -0.3 is 0 Å². The lowest BCUT2D eigenvalue weighted by atomic mass is 9.60. The third-order valence-corrected chi connectivity index (χ3v) is 6.63. The molecule has 1 aromatic rings. The summed E-state index contributed by atoms with van der Waals surface area (Å²) in [6, 6.07) is 0.270. The molecule has 2 aliphatic carbocycles. The van der Waals surface area contributed by atoms with Crippen LogP contribution >= 0.6 is 0 Å². The van der Waals surface area contributed by atoms with Gasteiger partial charge in [0.1, 0.15) is 0 Å². The Bertz CT molecular complexity index is 642. The van der Waals surface area contributed by atoms with Gasteiger partial charge in [0.05, 0.1) is 19.9 Å². The highest BCUT2D eigenvalue weighted by Crippen LogP contribution is 2.43. The molecule has 3 rings (SSSR count). The lowest BCUT2D eigenvalue weighted by Crippen LogP contribution is -2.30. The molecule has 2 radical (unpaired) electrons. The van der Waals surface area contributed by atoms with Crippen molar-refractivity contribution in [2.24, 2.45) is 0 Å². The number of aryl methyl sites for hydroxylation is 1. The Morgan fingerprint density at radius 1 is 1.12 bits per heavy atom. The summed E-state index contributed by atoms with van der Waals surface area (Å²) >= 11 is 0. The highest BCUT2D eigenvalue weighted by molar-refractivity contribution is 6.15. The van der Waals surface area contributed by atoms with E-state index in [1.165, 1.54) is 44.9 Å². The Morgan fingerprint density at radius 2 is 1.92 bits per heavy atom. The smallest absolute Gasteiger partial charge is 0.256 e. The molecule has 26 heavy (non-hydrogen) atoms. The van der Waals surface area contributed by atoms with Crippen molar-refractivity contribution in [1.82, 2.24) is 9.55 Å². The molecule has 0 amide bonds. The molecule has 1 aromatic heterocycles. The minimum Gasteiger partial charge on any atom is -0.296 e. The fraction of sp³-hybridized carbons (Fsp3) is 0.818. The first-order chi connectivity index (χ1) is 12.6. The first-order valence-electron chi connectivity index (χ1n) is 11.0. The predicted octanol–water partition coefficient (Wildman–Crippen LogP) is 5.32. The molecule has 1 fully saturated rings. The molecule has 0 aromatic carbocycles. The largest absolute Gasteiger partial charge is 0.296 e. The maximum absolute atomic E-state index is 13.2. The Labute approximate surface area is 160 Å². The zero-order valence-corrected chi connectivity index (χ0v) is 16.6. The van der Waals surface area contributed by atoms with Crippen LogP contribution in [0.4, 0.5) is 0 Å². The summed E-state index contributed by atoms with van der Waals surface area (Å²) in [5.41, 5.74) is 2.29. The van der Waals surface area contributed by atoms with Gasteiger partial charge in [-0.2, -0.15) is 0 Å². The number of hydrogen-bond donors (Lipinski definition) is 0. The van der Waals surface area contributed by atoms with Crippen molar-refractivity contribution in [2.45, 2.75) is 115 Å². The molecular weight excluding hydrogens is 319 g/mol. The number of fused-ring (bicyclic) bond motifs is 1. The van der Waals surface area contributed by atoms with E-state index in [4.69, 9.17) is 12.8 Å². The lowest BCUT2D eigenvalue weighted by Gasteiger charge is -2.31. The molecule has 0 saturated heterocycles. The maximum atomic E-state index is 13.2. The first kappa shape index (κ1) is 19.7. The van der Waals surface area contributed by atoms with Crippen molar-refractivity contribution in [1.29, 1.82) is 0 Å². The third kappa shape index (κ3) is 4.81. The van der Waals surface area contributed by atoms with Crippen LogP contribution in [0.1, 0.15) is 108 Å². The van der Waals surface area contributed by atoms with E-state index in [0.29, 0.717) is 0 Å². The van der Waals surface area contributed by atoms with Gasteiger partial charge in [-0.1, -0.05) is 70.0 Å². The van der Waals surface area contributed by atoms with Crippen molar-refractivity contribution in [3.05, 3.63) is 27.9 Å². The highest BCUT2D eigenvalue weighted by atomic mass is 16.1. The van der Waals surface area contributed by atoms with Crippen molar-refractivity contribution in [2.75, 3.05) is 0 Å². The Kier molecular flexibility index (Phi) is 7.00. The molecule has 4 heteroatoms. The van der Waals surface area contributed by atoms with Gasteiger partial charge in [0.15, 0.2) is 0 Å². The number of rotatable bonds is 4. The van der Waals surface area contributed by atoms with E-state index in [2.05, 4.69) is 6.92 Å². The lowest BCUT2D eigenvalue weighted by molar-refractivity contribution is 0.357. The number of nitrogens with zero attached hydrogens (tertiary/aromatic N) is 2. The highest BCUT2D eigenvalue weighted by Gasteiger charge is 2.27. The summed E-state index contributed by atoms with van der Waals surface area (Å²) in [4.78, 5) is 17.9. The molecule has 2 aliphatic rings. The van der Waals surface area contributed by atoms with Gasteiger partial charge in [-0.3, -0.25) is 9.36 Å². The molecule has 0 spiro atoms. The van der Waals surface area contributed by atoms with Gasteiger partial charge >= 0.3 is 0 Å². The van der Waals surface area contributed by atoms with Crippen molar-refractivity contribution in [3.8, 4) is 0 Å². The van der Waals surface area contributed by atoms with Crippen LogP contribution in [0.5, 0.6) is 0 Å². The standard InChI is InChI=1S/C22H35BN2O/c1-2-3-14-22(23)15-9-5-6-10-18(13-16-22)25-17-24-20-12-8-4-7-11-19(20)21(25)26/h17-18H,2-16H2,1H3. The van der Waals surface area contributed by atoms with E-state index >= 15 is 0 Å². The van der Waals surface area contributed by atoms with E-state index in [9.17, 15) is 4.79 Å². The number of unbranched alkanes of at least 4 members (excludes halogenated alkanes) is 1. The predicted molar refractivity (Wildman–Crippen MR) is 109 cm³/mol. The van der Waals surface area contributed by atoms with Gasteiger partial charge in [-0.25, -0.2) is 4.98 Å². The minimum absolute atomic E-state index is 0.0404. The van der Waals surface area contributed by atoms with Gasteiger partial charge in [-0.05, 0) is 38.5 Å². The average molecular weight is 354 g/mol. The van der Waals surface area contributed by atoms with Crippen LogP contribution in [0.2, 0.25) is 5.31 Å². The average Bonchev–Trinajstić information content (AvgIpc) is 2.84. The molecule has 2 atom stereocenters. The zero-order chi connectivity index (χ0) is 18.4. The molecule has 0 N–H and O–H groups in total. The van der Waals surface area contributed by atoms with Gasteiger partial charge in [0.2, 0.25) is 0 Å². The van der Waals surface area contributed by atoms with Crippen LogP contribution in [0.3, 0.4) is 0 Å². The normalized spacial score (nSPS) is 27.7. The molecule has 3 nitrogen and oxygen atoms in total.